The van der Waals surface area contributed by atoms with Crippen molar-refractivity contribution >= 4 is 60.7 Å². The van der Waals surface area contributed by atoms with Crippen LogP contribution in [0.15, 0.2) is 57.9 Å². The quantitative estimate of drug-likeness (QED) is 0.281. The molecule has 0 spiro atoms. The van der Waals surface area contributed by atoms with Crippen molar-refractivity contribution in [3.63, 3.8) is 0 Å². The van der Waals surface area contributed by atoms with Gasteiger partial charge in [-0.25, -0.2) is 8.42 Å². The molecule has 3 N–H and O–H groups in total. The SMILES string of the molecule is COc1cc(NS(=O)(=O)c2ccc(NC(=S)NC(=O)c3ccc(OCC(C)C)c(Br)c3)cc2)nc(OC)n1. The summed E-state index contributed by atoms with van der Waals surface area (Å²) in [6.07, 6.45) is 0. The lowest BCUT2D eigenvalue weighted by Crippen LogP contribution is -2.34. The zero-order chi connectivity index (χ0) is 27.9. The highest BCUT2D eigenvalue weighted by Crippen LogP contribution is 2.26. The average Bonchev–Trinajstić information content (AvgIpc) is 2.87. The number of hydrogen-bond donors (Lipinski definition) is 3. The summed E-state index contributed by atoms with van der Waals surface area (Å²) >= 11 is 8.65. The van der Waals surface area contributed by atoms with E-state index >= 15 is 0 Å². The maximum Gasteiger partial charge on any atom is 0.321 e. The number of methoxy groups -OCH3 is 2. The molecule has 0 unspecified atom stereocenters. The van der Waals surface area contributed by atoms with Crippen LogP contribution in [0, 0.1) is 5.92 Å². The molecule has 0 fully saturated rings. The van der Waals surface area contributed by atoms with Crippen LogP contribution in [-0.2, 0) is 10.0 Å². The maximum atomic E-state index is 12.8. The topological polar surface area (TPSA) is 141 Å². The molecule has 1 heterocycles. The molecule has 0 aliphatic rings. The average molecular weight is 625 g/mol. The van der Waals surface area contributed by atoms with Gasteiger partial charge in [-0.05, 0) is 76.5 Å². The molecule has 3 rings (SSSR count). The molecule has 0 saturated heterocycles. The van der Waals surface area contributed by atoms with Crippen LogP contribution in [0.3, 0.4) is 0 Å². The van der Waals surface area contributed by atoms with Crippen LogP contribution in [0.4, 0.5) is 11.5 Å². The second-order valence-electron chi connectivity index (χ2n) is 8.17. The van der Waals surface area contributed by atoms with E-state index in [-0.39, 0.29) is 27.7 Å². The number of nitrogens with one attached hydrogen (secondary N) is 3. The molecule has 0 atom stereocenters. The van der Waals surface area contributed by atoms with E-state index in [1.165, 1.54) is 44.6 Å². The van der Waals surface area contributed by atoms with Crippen molar-refractivity contribution < 1.29 is 27.4 Å². The highest BCUT2D eigenvalue weighted by atomic mass is 79.9. The Morgan fingerprint density at radius 3 is 2.37 bits per heavy atom. The Bertz CT molecular complexity index is 1400. The highest BCUT2D eigenvalue weighted by Gasteiger charge is 2.17. The number of carbonyl (C=O) groups is 1. The predicted octanol–water partition coefficient (Wildman–Crippen LogP) is 4.22. The van der Waals surface area contributed by atoms with E-state index in [1.807, 2.05) is 13.8 Å². The fourth-order valence-corrected chi connectivity index (χ4v) is 4.62. The normalized spacial score (nSPS) is 11.0. The molecule has 0 aliphatic carbocycles. The van der Waals surface area contributed by atoms with E-state index in [0.29, 0.717) is 34.0 Å². The summed E-state index contributed by atoms with van der Waals surface area (Å²) in [6, 6.07) is 12.0. The Morgan fingerprint density at radius 1 is 1.05 bits per heavy atom. The third-order valence-electron chi connectivity index (χ3n) is 4.73. The number of benzene rings is 2. The number of sulfonamides is 1. The van der Waals surface area contributed by atoms with Gasteiger partial charge in [-0.3, -0.25) is 14.8 Å². The molecule has 1 amide bonds. The number of thiocarbonyl (C=S) groups is 1. The van der Waals surface area contributed by atoms with Crippen molar-refractivity contribution in [3.05, 3.63) is 58.6 Å². The number of anilines is 2. The van der Waals surface area contributed by atoms with E-state index in [0.717, 1.165) is 0 Å². The minimum absolute atomic E-state index is 0.0223. The zero-order valence-corrected chi connectivity index (χ0v) is 24.2. The molecule has 38 heavy (non-hydrogen) atoms. The second-order valence-corrected chi connectivity index (χ2v) is 11.1. The molecule has 2 aromatic carbocycles. The first-order valence-electron chi connectivity index (χ1n) is 11.2. The Hall–Kier alpha value is -3.49. The minimum atomic E-state index is -3.98. The lowest BCUT2D eigenvalue weighted by Gasteiger charge is -2.13. The summed E-state index contributed by atoms with van der Waals surface area (Å²) in [7, 11) is -1.24. The van der Waals surface area contributed by atoms with Crippen molar-refractivity contribution in [2.45, 2.75) is 18.7 Å². The monoisotopic (exact) mass is 623 g/mol. The Labute approximate surface area is 234 Å². The van der Waals surface area contributed by atoms with Gasteiger partial charge in [-0.15, -0.1) is 0 Å². The van der Waals surface area contributed by atoms with Crippen molar-refractivity contribution in [3.8, 4) is 17.6 Å². The van der Waals surface area contributed by atoms with Gasteiger partial charge < -0.3 is 19.5 Å². The molecule has 11 nitrogen and oxygen atoms in total. The Morgan fingerprint density at radius 2 is 1.76 bits per heavy atom. The smallest absolute Gasteiger partial charge is 0.321 e. The molecule has 0 radical (unpaired) electrons. The van der Waals surface area contributed by atoms with E-state index in [1.54, 1.807) is 18.2 Å². The molecule has 1 aromatic heterocycles. The van der Waals surface area contributed by atoms with Gasteiger partial charge in [0.1, 0.15) is 5.75 Å². The molecular formula is C24H26BrN5O6S2. The third kappa shape index (κ3) is 8.00. The van der Waals surface area contributed by atoms with Gasteiger partial charge in [0.2, 0.25) is 5.88 Å². The van der Waals surface area contributed by atoms with Crippen LogP contribution < -0.4 is 29.6 Å². The minimum Gasteiger partial charge on any atom is -0.492 e. The fraction of sp³-hybridized carbons (Fsp3) is 0.250. The largest absolute Gasteiger partial charge is 0.492 e. The van der Waals surface area contributed by atoms with E-state index in [2.05, 4.69) is 41.3 Å². The van der Waals surface area contributed by atoms with Gasteiger partial charge in [-0.1, -0.05) is 13.8 Å². The van der Waals surface area contributed by atoms with Gasteiger partial charge in [0.15, 0.2) is 10.9 Å². The number of nitrogens with zero attached hydrogens (tertiary/aromatic N) is 2. The van der Waals surface area contributed by atoms with Crippen LogP contribution in [0.2, 0.25) is 0 Å². The Balaban J connectivity index is 1.62. The number of amides is 1. The van der Waals surface area contributed by atoms with E-state index in [9.17, 15) is 13.2 Å². The van der Waals surface area contributed by atoms with Crippen LogP contribution in [0.25, 0.3) is 0 Å². The van der Waals surface area contributed by atoms with Gasteiger partial charge in [0, 0.05) is 17.3 Å². The van der Waals surface area contributed by atoms with E-state index < -0.39 is 15.9 Å². The first-order valence-corrected chi connectivity index (χ1v) is 13.8. The summed E-state index contributed by atoms with van der Waals surface area (Å²) in [5.74, 6) is 0.694. The van der Waals surface area contributed by atoms with Gasteiger partial charge >= 0.3 is 6.01 Å². The van der Waals surface area contributed by atoms with Crippen LogP contribution in [0.5, 0.6) is 17.6 Å². The van der Waals surface area contributed by atoms with E-state index in [4.69, 9.17) is 26.4 Å². The summed E-state index contributed by atoms with van der Waals surface area (Å²) in [5, 5.41) is 5.49. The number of aromatic nitrogens is 2. The molecule has 0 aliphatic heterocycles. The zero-order valence-electron chi connectivity index (χ0n) is 20.9. The molecule has 3 aromatic rings. The molecule has 0 bridgehead atoms. The molecule has 14 heteroatoms. The first-order chi connectivity index (χ1) is 18.0. The summed E-state index contributed by atoms with van der Waals surface area (Å²) in [6.45, 7) is 4.64. The molecular weight excluding hydrogens is 598 g/mol. The van der Waals surface area contributed by atoms with Gasteiger partial charge in [0.25, 0.3) is 15.9 Å². The maximum absolute atomic E-state index is 12.8. The predicted molar refractivity (Wildman–Crippen MR) is 151 cm³/mol. The molecule has 202 valence electrons. The summed E-state index contributed by atoms with van der Waals surface area (Å²) in [5.41, 5.74) is 0.849. The summed E-state index contributed by atoms with van der Waals surface area (Å²) in [4.78, 5) is 20.5. The number of carbonyl (C=O) groups excluding carboxylic acids is 1. The number of halogens is 1. The van der Waals surface area contributed by atoms with Gasteiger partial charge in [0.05, 0.1) is 30.2 Å². The fourth-order valence-electron chi connectivity index (χ4n) is 2.92. The Kier molecular flexibility index (Phi) is 9.83. The highest BCUT2D eigenvalue weighted by molar-refractivity contribution is 9.10. The standard InChI is InChI=1S/C24H26BrN5O6S2/c1-14(2)13-36-19-10-5-15(11-18(19)25)22(31)29-24(37)26-16-6-8-17(9-7-16)38(32,33)30-20-12-21(34-3)28-23(27-20)35-4/h5-12,14H,13H2,1-4H3,(H,27,28,30)(H2,26,29,31,37). The number of hydrogen-bond acceptors (Lipinski definition) is 9. The molecule has 0 saturated carbocycles. The number of ether oxygens (including phenoxy) is 3. The summed E-state index contributed by atoms with van der Waals surface area (Å²) < 4.78 is 44.3. The van der Waals surface area contributed by atoms with Gasteiger partial charge in [-0.2, -0.15) is 9.97 Å². The second kappa shape index (κ2) is 12.8. The van der Waals surface area contributed by atoms with Crippen molar-refractivity contribution in [1.29, 1.82) is 0 Å². The first kappa shape index (κ1) is 29.1. The van der Waals surface area contributed by atoms with Crippen LogP contribution >= 0.6 is 28.1 Å². The lowest BCUT2D eigenvalue weighted by molar-refractivity contribution is 0.0977. The van der Waals surface area contributed by atoms with Crippen LogP contribution in [0.1, 0.15) is 24.2 Å². The lowest BCUT2D eigenvalue weighted by atomic mass is 10.2. The number of rotatable bonds is 10. The van der Waals surface area contributed by atoms with Crippen molar-refractivity contribution in [2.24, 2.45) is 5.92 Å². The van der Waals surface area contributed by atoms with Crippen molar-refractivity contribution in [2.75, 3.05) is 30.9 Å². The third-order valence-corrected chi connectivity index (χ3v) is 6.92. The van der Waals surface area contributed by atoms with Crippen molar-refractivity contribution in [1.82, 2.24) is 15.3 Å². The van der Waals surface area contributed by atoms with Crippen LogP contribution in [-0.4, -0.2) is 50.2 Å².